The molecule has 90 valence electrons. The molecule has 0 saturated heterocycles. The van der Waals surface area contributed by atoms with Crippen LogP contribution in [0.2, 0.25) is 0 Å². The van der Waals surface area contributed by atoms with E-state index in [1.165, 1.54) is 11.4 Å². The summed E-state index contributed by atoms with van der Waals surface area (Å²) in [5.74, 6) is 0. The fourth-order valence-corrected chi connectivity index (χ4v) is 2.40. The molecule has 1 rings (SSSR count). The number of hydrogen-bond donors (Lipinski definition) is 1. The lowest BCUT2D eigenvalue weighted by Crippen LogP contribution is -2.43. The molecule has 1 fully saturated rings. The number of nitrogens with zero attached hydrogens (tertiary/aromatic N) is 1. The van der Waals surface area contributed by atoms with Crippen molar-refractivity contribution in [3.05, 3.63) is 0 Å². The Balaban J connectivity index is 2.42. The molecule has 0 aromatic heterocycles. The van der Waals surface area contributed by atoms with E-state index in [1.54, 1.807) is 0 Å². The average Bonchev–Trinajstić information content (AvgIpc) is 2.66. The first-order chi connectivity index (χ1) is 6.93. The summed E-state index contributed by atoms with van der Waals surface area (Å²) in [6.07, 6.45) is 4.15. The average molecular weight is 236 g/mol. The predicted octanol–water partition coefficient (Wildman–Crippen LogP) is 1.04. The van der Waals surface area contributed by atoms with Crippen molar-refractivity contribution in [3.8, 4) is 0 Å². The van der Waals surface area contributed by atoms with Gasteiger partial charge < -0.3 is 0 Å². The Morgan fingerprint density at radius 3 is 2.33 bits per heavy atom. The molecule has 6 heteroatoms. The zero-order chi connectivity index (χ0) is 11.5. The minimum absolute atomic E-state index is 0.0420. The highest BCUT2D eigenvalue weighted by atomic mass is 32.2. The zero-order valence-electron chi connectivity index (χ0n) is 9.56. The van der Waals surface area contributed by atoms with Crippen LogP contribution in [-0.4, -0.2) is 31.9 Å². The van der Waals surface area contributed by atoms with E-state index < -0.39 is 10.2 Å². The first-order valence-corrected chi connectivity index (χ1v) is 6.78. The molecule has 0 amide bonds. The van der Waals surface area contributed by atoms with Gasteiger partial charge >= 0.3 is 10.2 Å². The van der Waals surface area contributed by atoms with Crippen molar-refractivity contribution < 1.29 is 13.3 Å². The van der Waals surface area contributed by atoms with Gasteiger partial charge in [-0.25, -0.2) is 0 Å². The van der Waals surface area contributed by atoms with Gasteiger partial charge in [-0.15, -0.1) is 0 Å². The van der Waals surface area contributed by atoms with E-state index in [-0.39, 0.29) is 12.1 Å². The van der Waals surface area contributed by atoms with Crippen LogP contribution in [0.25, 0.3) is 0 Å². The summed E-state index contributed by atoms with van der Waals surface area (Å²) in [6.45, 7) is 3.63. The number of rotatable bonds is 5. The first kappa shape index (κ1) is 12.9. The molecule has 0 atom stereocenters. The second-order valence-electron chi connectivity index (χ2n) is 4.22. The Morgan fingerprint density at radius 2 is 1.87 bits per heavy atom. The van der Waals surface area contributed by atoms with Crippen LogP contribution in [0, 0.1) is 0 Å². The highest BCUT2D eigenvalue weighted by molar-refractivity contribution is 7.87. The number of nitrogens with one attached hydrogen (secondary N) is 1. The van der Waals surface area contributed by atoms with E-state index in [4.69, 9.17) is 4.84 Å². The maximum Gasteiger partial charge on any atom is 0.301 e. The van der Waals surface area contributed by atoms with Gasteiger partial charge in [0.15, 0.2) is 0 Å². The minimum Gasteiger partial charge on any atom is -0.283 e. The van der Waals surface area contributed by atoms with Crippen LogP contribution in [0.4, 0.5) is 0 Å². The molecule has 0 radical (unpaired) electrons. The molecule has 1 N–H and O–H groups in total. The van der Waals surface area contributed by atoms with Crippen LogP contribution in [0.5, 0.6) is 0 Å². The van der Waals surface area contributed by atoms with Crippen molar-refractivity contribution in [2.75, 3.05) is 7.05 Å². The van der Waals surface area contributed by atoms with Crippen LogP contribution in [0.15, 0.2) is 0 Å². The molecule has 0 heterocycles. The molecule has 0 spiro atoms. The van der Waals surface area contributed by atoms with Gasteiger partial charge in [-0.05, 0) is 26.7 Å². The van der Waals surface area contributed by atoms with Crippen molar-refractivity contribution in [2.45, 2.75) is 51.7 Å². The zero-order valence-corrected chi connectivity index (χ0v) is 10.4. The van der Waals surface area contributed by atoms with E-state index in [0.717, 1.165) is 25.7 Å². The lowest BCUT2D eigenvalue weighted by atomic mass is 10.3. The normalized spacial score (nSPS) is 19.3. The smallest absolute Gasteiger partial charge is 0.283 e. The van der Waals surface area contributed by atoms with Crippen molar-refractivity contribution in [3.63, 3.8) is 0 Å². The van der Waals surface area contributed by atoms with Crippen molar-refractivity contribution in [2.24, 2.45) is 0 Å². The Morgan fingerprint density at radius 1 is 1.33 bits per heavy atom. The topological polar surface area (TPSA) is 58.6 Å². The lowest BCUT2D eigenvalue weighted by molar-refractivity contribution is 0.0189. The van der Waals surface area contributed by atoms with Gasteiger partial charge in [-0.3, -0.25) is 4.84 Å². The maximum absolute atomic E-state index is 11.6. The molecule has 0 unspecified atom stereocenters. The van der Waals surface area contributed by atoms with E-state index in [0.29, 0.717) is 0 Å². The summed E-state index contributed by atoms with van der Waals surface area (Å²) >= 11 is 0. The molecule has 0 aromatic rings. The third-order valence-electron chi connectivity index (χ3n) is 2.73. The SMILES string of the molecule is CC(C)N(C)S(=O)(=O)NOC1CCCC1. The van der Waals surface area contributed by atoms with E-state index in [1.807, 2.05) is 13.8 Å². The molecule has 5 nitrogen and oxygen atoms in total. The highest BCUT2D eigenvalue weighted by Gasteiger charge is 2.23. The van der Waals surface area contributed by atoms with Crippen LogP contribution in [-0.2, 0) is 15.0 Å². The van der Waals surface area contributed by atoms with Crippen molar-refractivity contribution in [1.82, 2.24) is 9.19 Å². The van der Waals surface area contributed by atoms with Crippen molar-refractivity contribution >= 4 is 10.2 Å². The summed E-state index contributed by atoms with van der Waals surface area (Å²) < 4.78 is 24.5. The second-order valence-corrected chi connectivity index (χ2v) is 5.92. The Labute approximate surface area is 91.9 Å². The summed E-state index contributed by atoms with van der Waals surface area (Å²) in [7, 11) is -1.95. The second kappa shape index (κ2) is 5.25. The summed E-state index contributed by atoms with van der Waals surface area (Å²) in [6, 6.07) is -0.0744. The van der Waals surface area contributed by atoms with Crippen LogP contribution in [0.1, 0.15) is 39.5 Å². The van der Waals surface area contributed by atoms with E-state index in [2.05, 4.69) is 4.89 Å². The Hall–Kier alpha value is -0.170. The van der Waals surface area contributed by atoms with E-state index >= 15 is 0 Å². The molecule has 0 aromatic carbocycles. The van der Waals surface area contributed by atoms with E-state index in [9.17, 15) is 8.42 Å². The Kier molecular flexibility index (Phi) is 4.51. The van der Waals surface area contributed by atoms with Gasteiger partial charge in [-0.1, -0.05) is 17.7 Å². The molecule has 0 bridgehead atoms. The van der Waals surface area contributed by atoms with Crippen LogP contribution < -0.4 is 4.89 Å². The van der Waals surface area contributed by atoms with Gasteiger partial charge in [0.05, 0.1) is 6.10 Å². The third kappa shape index (κ3) is 3.71. The van der Waals surface area contributed by atoms with Gasteiger partial charge in [-0.2, -0.15) is 12.7 Å². The molecule has 1 saturated carbocycles. The molecule has 15 heavy (non-hydrogen) atoms. The van der Waals surface area contributed by atoms with Gasteiger partial charge in [0.25, 0.3) is 0 Å². The summed E-state index contributed by atoms with van der Waals surface area (Å²) in [5, 5.41) is 0. The quantitative estimate of drug-likeness (QED) is 0.725. The standard InChI is InChI=1S/C9H20N2O3S/c1-8(2)11(3)15(12,13)10-14-9-6-4-5-7-9/h8-10H,4-7H2,1-3H3. The number of hydrogen-bond acceptors (Lipinski definition) is 3. The largest absolute Gasteiger partial charge is 0.301 e. The van der Waals surface area contributed by atoms with Gasteiger partial charge in [0, 0.05) is 13.1 Å². The monoisotopic (exact) mass is 236 g/mol. The highest BCUT2D eigenvalue weighted by Crippen LogP contribution is 2.20. The fraction of sp³-hybridized carbons (Fsp3) is 1.00. The first-order valence-electron chi connectivity index (χ1n) is 5.34. The molecular weight excluding hydrogens is 216 g/mol. The lowest BCUT2D eigenvalue weighted by Gasteiger charge is -2.22. The van der Waals surface area contributed by atoms with Crippen LogP contribution >= 0.6 is 0 Å². The molecule has 1 aliphatic carbocycles. The molecular formula is C9H20N2O3S. The van der Waals surface area contributed by atoms with Crippen molar-refractivity contribution in [1.29, 1.82) is 0 Å². The van der Waals surface area contributed by atoms with Crippen LogP contribution in [0.3, 0.4) is 0 Å². The minimum atomic E-state index is -3.49. The Bertz CT molecular complexity index is 284. The van der Waals surface area contributed by atoms with Gasteiger partial charge in [0.1, 0.15) is 0 Å². The predicted molar refractivity (Wildman–Crippen MR) is 58.3 cm³/mol. The summed E-state index contributed by atoms with van der Waals surface area (Å²) in [4.78, 5) is 7.34. The molecule has 0 aliphatic heterocycles. The third-order valence-corrected chi connectivity index (χ3v) is 4.22. The maximum atomic E-state index is 11.6. The van der Waals surface area contributed by atoms with Gasteiger partial charge in [0.2, 0.25) is 0 Å². The summed E-state index contributed by atoms with van der Waals surface area (Å²) in [5.41, 5.74) is 0. The fourth-order valence-electron chi connectivity index (χ4n) is 1.47. The molecule has 1 aliphatic rings.